The van der Waals surface area contributed by atoms with Crippen LogP contribution in [0.25, 0.3) is 0 Å². The van der Waals surface area contributed by atoms with E-state index in [0.717, 1.165) is 19.5 Å². The van der Waals surface area contributed by atoms with E-state index in [1.807, 2.05) is 0 Å². The SMILES string of the molecule is Cl.Cl.NCCCC(=O)N1CCCC1CN1CCCCC1. The topological polar surface area (TPSA) is 49.6 Å². The summed E-state index contributed by atoms with van der Waals surface area (Å²) in [5.74, 6) is 0.319. The summed E-state index contributed by atoms with van der Waals surface area (Å²) in [7, 11) is 0. The molecule has 6 heteroatoms. The van der Waals surface area contributed by atoms with Crippen LogP contribution in [0.1, 0.15) is 44.9 Å². The molecule has 4 nitrogen and oxygen atoms in total. The predicted molar refractivity (Wildman–Crippen MR) is 87.8 cm³/mol. The zero-order valence-corrected chi connectivity index (χ0v) is 13.9. The molecule has 0 aromatic rings. The summed E-state index contributed by atoms with van der Waals surface area (Å²) in [6.07, 6.45) is 7.85. The molecule has 0 saturated carbocycles. The fourth-order valence-electron chi connectivity index (χ4n) is 3.19. The first-order chi connectivity index (χ1) is 8.81. The molecule has 120 valence electrons. The van der Waals surface area contributed by atoms with E-state index < -0.39 is 0 Å². The van der Waals surface area contributed by atoms with E-state index in [4.69, 9.17) is 5.73 Å². The normalized spacial score (nSPS) is 23.1. The third-order valence-electron chi connectivity index (χ3n) is 4.21. The van der Waals surface area contributed by atoms with E-state index in [1.165, 1.54) is 45.2 Å². The maximum Gasteiger partial charge on any atom is 0.222 e. The molecule has 2 saturated heterocycles. The molecule has 2 aliphatic heterocycles. The maximum atomic E-state index is 12.1. The summed E-state index contributed by atoms with van der Waals surface area (Å²) in [6.45, 7) is 5.12. The number of nitrogens with zero attached hydrogens (tertiary/aromatic N) is 2. The van der Waals surface area contributed by atoms with Crippen molar-refractivity contribution in [2.24, 2.45) is 5.73 Å². The Morgan fingerprint density at radius 3 is 2.40 bits per heavy atom. The van der Waals surface area contributed by atoms with E-state index >= 15 is 0 Å². The van der Waals surface area contributed by atoms with Crippen LogP contribution < -0.4 is 5.73 Å². The Hall–Kier alpha value is -0.0300. The average molecular weight is 326 g/mol. The summed E-state index contributed by atoms with van der Waals surface area (Å²) >= 11 is 0. The minimum Gasteiger partial charge on any atom is -0.338 e. The van der Waals surface area contributed by atoms with Gasteiger partial charge in [-0.2, -0.15) is 0 Å². The van der Waals surface area contributed by atoms with Crippen molar-refractivity contribution in [2.75, 3.05) is 32.7 Å². The van der Waals surface area contributed by atoms with Gasteiger partial charge in [0.15, 0.2) is 0 Å². The molecule has 2 fully saturated rings. The Morgan fingerprint density at radius 2 is 1.75 bits per heavy atom. The van der Waals surface area contributed by atoms with E-state index in [2.05, 4.69) is 9.80 Å². The molecule has 2 rings (SSSR count). The molecule has 1 unspecified atom stereocenters. The van der Waals surface area contributed by atoms with Crippen LogP contribution in [0.3, 0.4) is 0 Å². The van der Waals surface area contributed by atoms with Crippen molar-refractivity contribution in [1.29, 1.82) is 0 Å². The van der Waals surface area contributed by atoms with Gasteiger partial charge in [-0.05, 0) is 51.7 Å². The third-order valence-corrected chi connectivity index (χ3v) is 4.21. The molecule has 2 N–H and O–H groups in total. The number of carbonyl (C=O) groups is 1. The standard InChI is InChI=1S/C14H27N3O.2ClH/c15-8-4-7-14(18)17-11-5-6-13(17)12-16-9-2-1-3-10-16;;/h13H,1-12,15H2;2*1H. The molecule has 0 aromatic heterocycles. The molecular formula is C14H29Cl2N3O. The number of nitrogens with two attached hydrogens (primary N) is 1. The second-order valence-corrected chi connectivity index (χ2v) is 5.64. The molecule has 1 atom stereocenters. The van der Waals surface area contributed by atoms with Crippen LogP contribution in [-0.2, 0) is 4.79 Å². The molecule has 0 aliphatic carbocycles. The van der Waals surface area contributed by atoms with Gasteiger partial charge < -0.3 is 15.5 Å². The number of rotatable bonds is 5. The van der Waals surface area contributed by atoms with E-state index in [-0.39, 0.29) is 24.8 Å². The number of likely N-dealkylation sites (tertiary alicyclic amines) is 2. The van der Waals surface area contributed by atoms with Crippen LogP contribution in [-0.4, -0.2) is 54.5 Å². The quantitative estimate of drug-likeness (QED) is 0.841. The number of hydrogen-bond acceptors (Lipinski definition) is 3. The third kappa shape index (κ3) is 5.76. The molecule has 1 amide bonds. The molecule has 2 aliphatic rings. The zero-order chi connectivity index (χ0) is 12.8. The van der Waals surface area contributed by atoms with Crippen LogP contribution in [0.2, 0.25) is 0 Å². The highest BCUT2D eigenvalue weighted by Gasteiger charge is 2.29. The Kier molecular flexibility index (Phi) is 10.6. The van der Waals surface area contributed by atoms with Gasteiger partial charge in [-0.15, -0.1) is 24.8 Å². The number of carbonyl (C=O) groups excluding carboxylic acids is 1. The van der Waals surface area contributed by atoms with Crippen molar-refractivity contribution >= 4 is 30.7 Å². The van der Waals surface area contributed by atoms with Gasteiger partial charge in [-0.1, -0.05) is 6.42 Å². The first-order valence-corrected chi connectivity index (χ1v) is 7.53. The van der Waals surface area contributed by atoms with E-state index in [9.17, 15) is 4.79 Å². The molecule has 20 heavy (non-hydrogen) atoms. The highest BCUT2D eigenvalue weighted by atomic mass is 35.5. The summed E-state index contributed by atoms with van der Waals surface area (Å²) in [6, 6.07) is 0.466. The monoisotopic (exact) mass is 325 g/mol. The fraction of sp³-hybridized carbons (Fsp3) is 0.929. The van der Waals surface area contributed by atoms with Crippen LogP contribution in [0, 0.1) is 0 Å². The largest absolute Gasteiger partial charge is 0.338 e. The van der Waals surface area contributed by atoms with Crippen molar-refractivity contribution < 1.29 is 4.79 Å². The number of hydrogen-bond donors (Lipinski definition) is 1. The fourth-order valence-corrected chi connectivity index (χ4v) is 3.19. The number of piperidine rings is 1. The number of halogens is 2. The van der Waals surface area contributed by atoms with Gasteiger partial charge in [0.2, 0.25) is 5.91 Å². The Morgan fingerprint density at radius 1 is 1.05 bits per heavy atom. The van der Waals surface area contributed by atoms with Crippen LogP contribution in [0.4, 0.5) is 0 Å². The van der Waals surface area contributed by atoms with Gasteiger partial charge in [-0.3, -0.25) is 4.79 Å². The van der Waals surface area contributed by atoms with E-state index in [0.29, 0.717) is 24.9 Å². The lowest BCUT2D eigenvalue weighted by atomic mass is 10.1. The van der Waals surface area contributed by atoms with E-state index in [1.54, 1.807) is 0 Å². The van der Waals surface area contributed by atoms with Gasteiger partial charge in [0, 0.05) is 25.6 Å². The van der Waals surface area contributed by atoms with Crippen LogP contribution in [0.15, 0.2) is 0 Å². The summed E-state index contributed by atoms with van der Waals surface area (Å²) in [5.41, 5.74) is 5.48. The molecule has 2 heterocycles. The van der Waals surface area contributed by atoms with Crippen molar-refractivity contribution in [3.63, 3.8) is 0 Å². The molecule has 0 radical (unpaired) electrons. The molecule has 0 spiro atoms. The minimum atomic E-state index is 0. The van der Waals surface area contributed by atoms with Gasteiger partial charge in [0.1, 0.15) is 0 Å². The lowest BCUT2D eigenvalue weighted by Gasteiger charge is -2.33. The lowest BCUT2D eigenvalue weighted by Crippen LogP contribution is -2.44. The molecular weight excluding hydrogens is 297 g/mol. The summed E-state index contributed by atoms with van der Waals surface area (Å²) in [5, 5.41) is 0. The average Bonchev–Trinajstić information content (AvgIpc) is 2.85. The lowest BCUT2D eigenvalue weighted by molar-refractivity contribution is -0.132. The Labute approximate surface area is 135 Å². The highest BCUT2D eigenvalue weighted by Crippen LogP contribution is 2.21. The maximum absolute atomic E-state index is 12.1. The Balaban J connectivity index is 0.00000180. The first-order valence-electron chi connectivity index (χ1n) is 7.53. The van der Waals surface area contributed by atoms with Gasteiger partial charge in [0.05, 0.1) is 0 Å². The smallest absolute Gasteiger partial charge is 0.222 e. The van der Waals surface area contributed by atoms with Gasteiger partial charge in [0.25, 0.3) is 0 Å². The second kappa shape index (κ2) is 10.7. The summed E-state index contributed by atoms with van der Waals surface area (Å²) in [4.78, 5) is 16.8. The molecule has 0 aromatic carbocycles. The van der Waals surface area contributed by atoms with Gasteiger partial charge in [-0.25, -0.2) is 0 Å². The van der Waals surface area contributed by atoms with Gasteiger partial charge >= 0.3 is 0 Å². The summed E-state index contributed by atoms with van der Waals surface area (Å²) < 4.78 is 0. The Bertz CT molecular complexity index is 273. The van der Waals surface area contributed by atoms with Crippen LogP contribution in [0.5, 0.6) is 0 Å². The van der Waals surface area contributed by atoms with Crippen LogP contribution >= 0.6 is 24.8 Å². The number of amides is 1. The molecule has 0 bridgehead atoms. The highest BCUT2D eigenvalue weighted by molar-refractivity contribution is 5.85. The van der Waals surface area contributed by atoms with Crippen molar-refractivity contribution in [3.8, 4) is 0 Å². The first kappa shape index (κ1) is 20.0. The zero-order valence-electron chi connectivity index (χ0n) is 12.3. The second-order valence-electron chi connectivity index (χ2n) is 5.64. The predicted octanol–water partition coefficient (Wildman–Crippen LogP) is 2.05. The van der Waals surface area contributed by atoms with Crippen molar-refractivity contribution in [2.45, 2.75) is 51.0 Å². The van der Waals surface area contributed by atoms with Crippen molar-refractivity contribution in [1.82, 2.24) is 9.80 Å². The minimum absolute atomic E-state index is 0. The van der Waals surface area contributed by atoms with Crippen molar-refractivity contribution in [3.05, 3.63) is 0 Å².